The number of hydrogen-bond acceptors (Lipinski definition) is 5. The Labute approximate surface area is 176 Å². The molecule has 0 spiro atoms. The summed E-state index contributed by atoms with van der Waals surface area (Å²) in [4.78, 5) is 13.2. The maximum atomic E-state index is 5.88. The topological polar surface area (TPSA) is 64.3 Å². The molecule has 1 aliphatic rings. The number of nitrogens with one attached hydrogen (secondary N) is 1. The van der Waals surface area contributed by atoms with Crippen molar-refractivity contribution >= 4 is 11.5 Å². The molecule has 3 aromatic heterocycles. The monoisotopic (exact) mass is 398 g/mol. The summed E-state index contributed by atoms with van der Waals surface area (Å²) >= 11 is 0. The second kappa shape index (κ2) is 7.78. The lowest BCUT2D eigenvalue weighted by Gasteiger charge is -2.11. The minimum Gasteiger partial charge on any atom is -0.471 e. The Morgan fingerprint density at radius 1 is 1.13 bits per heavy atom. The van der Waals surface area contributed by atoms with Crippen LogP contribution in [0.3, 0.4) is 0 Å². The maximum absolute atomic E-state index is 5.88. The largest absolute Gasteiger partial charge is 0.471 e. The molecule has 5 rings (SSSR count). The molecular weight excluding hydrogens is 374 g/mol. The third-order valence-corrected chi connectivity index (χ3v) is 5.58. The van der Waals surface area contributed by atoms with Gasteiger partial charge in [0.2, 0.25) is 5.88 Å². The Kier molecular flexibility index (Phi) is 4.83. The van der Waals surface area contributed by atoms with Gasteiger partial charge in [-0.15, -0.1) is 0 Å². The van der Waals surface area contributed by atoms with Gasteiger partial charge in [0.15, 0.2) is 0 Å². The Bertz CT molecular complexity index is 1180. The number of pyridine rings is 1. The van der Waals surface area contributed by atoms with E-state index in [1.807, 2.05) is 24.4 Å². The number of anilines is 1. The number of rotatable bonds is 7. The molecule has 0 amide bonds. The Hall–Kier alpha value is -3.41. The van der Waals surface area contributed by atoms with Gasteiger partial charge in [0, 0.05) is 25.0 Å². The van der Waals surface area contributed by atoms with E-state index >= 15 is 0 Å². The molecule has 6 heteroatoms. The first-order valence-corrected chi connectivity index (χ1v) is 10.3. The number of hydrogen-bond donors (Lipinski definition) is 1. The second-order valence-corrected chi connectivity index (χ2v) is 7.92. The zero-order valence-electron chi connectivity index (χ0n) is 17.2. The van der Waals surface area contributed by atoms with Crippen LogP contribution in [0.5, 0.6) is 5.88 Å². The zero-order valence-corrected chi connectivity index (χ0v) is 17.2. The van der Waals surface area contributed by atoms with Gasteiger partial charge in [-0.25, -0.2) is 15.0 Å². The molecule has 0 saturated heterocycles. The minimum atomic E-state index is 0.365. The fourth-order valence-electron chi connectivity index (χ4n) is 3.69. The third-order valence-electron chi connectivity index (χ3n) is 5.58. The normalized spacial score (nSPS) is 13.5. The molecule has 0 unspecified atom stereocenters. The van der Waals surface area contributed by atoms with E-state index in [9.17, 15) is 0 Å². The molecule has 1 aliphatic carbocycles. The summed E-state index contributed by atoms with van der Waals surface area (Å²) in [6.45, 7) is 5.25. The molecule has 3 heterocycles. The van der Waals surface area contributed by atoms with E-state index in [1.54, 1.807) is 0 Å². The van der Waals surface area contributed by atoms with Crippen molar-refractivity contribution in [3.8, 4) is 5.88 Å². The van der Waals surface area contributed by atoms with Crippen LogP contribution >= 0.6 is 0 Å². The first-order chi connectivity index (χ1) is 14.7. The van der Waals surface area contributed by atoms with Crippen molar-refractivity contribution in [2.24, 2.45) is 0 Å². The van der Waals surface area contributed by atoms with Gasteiger partial charge in [-0.1, -0.05) is 18.2 Å². The van der Waals surface area contributed by atoms with Gasteiger partial charge in [-0.3, -0.25) is 0 Å². The molecule has 0 atom stereocenters. The molecule has 4 aromatic rings. The van der Waals surface area contributed by atoms with Crippen molar-refractivity contribution < 1.29 is 4.74 Å². The molecule has 0 bridgehead atoms. The molecule has 1 radical (unpaired) electrons. The number of benzene rings is 1. The summed E-state index contributed by atoms with van der Waals surface area (Å²) in [7, 11) is 0. The minimum absolute atomic E-state index is 0.365. The number of ether oxygens (including phenoxy) is 1. The summed E-state index contributed by atoms with van der Waals surface area (Å²) in [5.74, 6) is 1.99. The third kappa shape index (κ3) is 3.99. The van der Waals surface area contributed by atoms with Crippen molar-refractivity contribution in [1.82, 2.24) is 19.4 Å². The zero-order chi connectivity index (χ0) is 20.5. The van der Waals surface area contributed by atoms with E-state index < -0.39 is 0 Å². The van der Waals surface area contributed by atoms with Gasteiger partial charge in [0.25, 0.3) is 0 Å². The Morgan fingerprint density at radius 2 is 1.97 bits per heavy atom. The molecule has 6 nitrogen and oxygen atoms in total. The van der Waals surface area contributed by atoms with Gasteiger partial charge < -0.3 is 14.5 Å². The number of aromatic nitrogens is 4. The summed E-state index contributed by atoms with van der Waals surface area (Å²) in [6, 6.07) is 13.2. The SMILES string of the molecule is Cc1c[c]cc(C)c1CNc1cc(OCc2cn3cc(C4CC4)ccc3n2)ncn1. The van der Waals surface area contributed by atoms with Crippen LogP contribution in [0.1, 0.15) is 46.7 Å². The van der Waals surface area contributed by atoms with E-state index in [4.69, 9.17) is 4.74 Å². The summed E-state index contributed by atoms with van der Waals surface area (Å²) in [5, 5.41) is 3.36. The van der Waals surface area contributed by atoms with Crippen LogP contribution < -0.4 is 10.1 Å². The standard InChI is InChI=1S/C24H24N5O/c1-16-4-3-5-17(2)21(16)11-25-22-10-24(27-15-26-22)30-14-20-13-29-12-19(18-6-7-18)8-9-23(29)28-20/h4-5,8-10,12-13,15,18H,6-7,11,14H2,1-2H3,(H,25,26,27). The van der Waals surface area contributed by atoms with Crippen LogP contribution in [0.2, 0.25) is 0 Å². The molecule has 1 N–H and O–H groups in total. The summed E-state index contributed by atoms with van der Waals surface area (Å²) < 4.78 is 7.96. The lowest BCUT2D eigenvalue weighted by molar-refractivity contribution is 0.289. The first kappa shape index (κ1) is 18.6. The average Bonchev–Trinajstić information content (AvgIpc) is 3.51. The van der Waals surface area contributed by atoms with E-state index in [1.165, 1.54) is 41.4 Å². The van der Waals surface area contributed by atoms with Crippen molar-refractivity contribution in [1.29, 1.82) is 0 Å². The summed E-state index contributed by atoms with van der Waals surface area (Å²) in [6.07, 6.45) is 8.31. The lowest BCUT2D eigenvalue weighted by Crippen LogP contribution is -2.06. The fourth-order valence-corrected chi connectivity index (χ4v) is 3.69. The van der Waals surface area contributed by atoms with Crippen LogP contribution in [0.15, 0.2) is 49.1 Å². The molecule has 0 aliphatic heterocycles. The smallest absolute Gasteiger partial charge is 0.218 e. The highest BCUT2D eigenvalue weighted by atomic mass is 16.5. The second-order valence-electron chi connectivity index (χ2n) is 7.92. The highest BCUT2D eigenvalue weighted by Crippen LogP contribution is 2.39. The highest BCUT2D eigenvalue weighted by Gasteiger charge is 2.23. The fraction of sp³-hybridized carbons (Fsp3) is 0.292. The van der Waals surface area contributed by atoms with E-state index in [0.717, 1.165) is 23.1 Å². The van der Waals surface area contributed by atoms with Crippen molar-refractivity contribution in [3.05, 3.63) is 83.1 Å². The van der Waals surface area contributed by atoms with Crippen LogP contribution in [-0.2, 0) is 13.2 Å². The molecule has 1 saturated carbocycles. The number of aryl methyl sites for hydroxylation is 2. The van der Waals surface area contributed by atoms with Crippen LogP contribution in [0, 0.1) is 19.9 Å². The number of imidazole rings is 1. The number of fused-ring (bicyclic) bond motifs is 1. The quantitative estimate of drug-likeness (QED) is 0.492. The van der Waals surface area contributed by atoms with Crippen molar-refractivity contribution in [2.45, 2.75) is 45.8 Å². The van der Waals surface area contributed by atoms with Crippen LogP contribution in [0.4, 0.5) is 5.82 Å². The Morgan fingerprint density at radius 3 is 2.77 bits per heavy atom. The molecule has 1 fully saturated rings. The van der Waals surface area contributed by atoms with Crippen molar-refractivity contribution in [3.63, 3.8) is 0 Å². The van der Waals surface area contributed by atoms with Gasteiger partial charge in [0.05, 0.1) is 5.69 Å². The molecule has 1 aromatic carbocycles. The van der Waals surface area contributed by atoms with Crippen molar-refractivity contribution in [2.75, 3.05) is 5.32 Å². The highest BCUT2D eigenvalue weighted by molar-refractivity contribution is 5.43. The van der Waals surface area contributed by atoms with E-state index in [2.05, 4.69) is 62.9 Å². The van der Waals surface area contributed by atoms with Crippen LogP contribution in [-0.4, -0.2) is 19.4 Å². The predicted molar refractivity (Wildman–Crippen MR) is 116 cm³/mol. The van der Waals surface area contributed by atoms with Gasteiger partial charge in [-0.2, -0.15) is 0 Å². The summed E-state index contributed by atoms with van der Waals surface area (Å²) in [5.41, 5.74) is 6.89. The molecule has 30 heavy (non-hydrogen) atoms. The van der Waals surface area contributed by atoms with E-state index in [-0.39, 0.29) is 0 Å². The molecular formula is C24H24N5O. The maximum Gasteiger partial charge on any atom is 0.218 e. The Balaban J connectivity index is 1.24. The van der Waals surface area contributed by atoms with Gasteiger partial charge in [-0.05, 0) is 67.0 Å². The lowest BCUT2D eigenvalue weighted by atomic mass is 10.0. The predicted octanol–water partition coefficient (Wildman–Crippen LogP) is 4.61. The van der Waals surface area contributed by atoms with Crippen LogP contribution in [0.25, 0.3) is 5.65 Å². The van der Waals surface area contributed by atoms with Gasteiger partial charge in [0.1, 0.15) is 24.4 Å². The molecule has 151 valence electrons. The average molecular weight is 398 g/mol. The number of nitrogens with zero attached hydrogens (tertiary/aromatic N) is 4. The van der Waals surface area contributed by atoms with Gasteiger partial charge >= 0.3 is 0 Å². The first-order valence-electron chi connectivity index (χ1n) is 10.3. The van der Waals surface area contributed by atoms with E-state index in [0.29, 0.717) is 19.0 Å².